The van der Waals surface area contributed by atoms with Gasteiger partial charge >= 0.3 is 6.03 Å². The van der Waals surface area contributed by atoms with E-state index in [9.17, 15) is 9.59 Å². The van der Waals surface area contributed by atoms with Gasteiger partial charge in [-0.15, -0.1) is 10.2 Å². The Labute approximate surface area is 187 Å². The summed E-state index contributed by atoms with van der Waals surface area (Å²) in [4.78, 5) is 23.9. The number of aromatic nitrogens is 3. The third-order valence-corrected chi connectivity index (χ3v) is 5.53. The van der Waals surface area contributed by atoms with E-state index in [0.717, 1.165) is 37.2 Å². The van der Waals surface area contributed by atoms with E-state index in [1.807, 2.05) is 42.7 Å². The van der Waals surface area contributed by atoms with Gasteiger partial charge in [0.2, 0.25) is 5.91 Å². The fourth-order valence-electron chi connectivity index (χ4n) is 2.74. The number of hydrogen-bond acceptors (Lipinski definition) is 5. The summed E-state index contributed by atoms with van der Waals surface area (Å²) < 4.78 is 2.04. The highest BCUT2D eigenvalue weighted by Crippen LogP contribution is 2.26. The molecule has 7 nitrogen and oxygen atoms in total. The van der Waals surface area contributed by atoms with Gasteiger partial charge in [0.25, 0.3) is 0 Å². The first-order valence-corrected chi connectivity index (χ1v) is 11.7. The van der Waals surface area contributed by atoms with Crippen LogP contribution in [0.3, 0.4) is 0 Å². The molecule has 3 amide bonds. The molecule has 1 heterocycles. The molecule has 0 aliphatic rings. The van der Waals surface area contributed by atoms with E-state index in [-0.39, 0.29) is 11.7 Å². The molecule has 9 heteroatoms. The number of unbranched alkanes of at least 4 members (excludes halogenated alkanes) is 3. The summed E-state index contributed by atoms with van der Waals surface area (Å²) in [5.74, 6) is 0.788. The number of carbonyl (C=O) groups is 2. The van der Waals surface area contributed by atoms with E-state index in [1.165, 1.54) is 18.2 Å². The fourth-order valence-corrected chi connectivity index (χ4v) is 3.63. The summed E-state index contributed by atoms with van der Waals surface area (Å²) in [6, 6.07) is 6.99. The lowest BCUT2D eigenvalue weighted by molar-refractivity contribution is -0.117. The molecule has 0 saturated heterocycles. The molecule has 164 valence electrons. The number of imide groups is 1. The zero-order chi connectivity index (χ0) is 21.9. The first-order chi connectivity index (χ1) is 14.4. The lowest BCUT2D eigenvalue weighted by Gasteiger charge is -2.11. The van der Waals surface area contributed by atoms with Gasteiger partial charge in [-0.2, -0.15) is 0 Å². The second kappa shape index (κ2) is 12.6. The molecule has 2 rings (SSSR count). The number of benzene rings is 1. The van der Waals surface area contributed by atoms with Crippen molar-refractivity contribution in [3.8, 4) is 11.4 Å². The predicted molar refractivity (Wildman–Crippen MR) is 122 cm³/mol. The van der Waals surface area contributed by atoms with Crippen molar-refractivity contribution in [2.75, 3.05) is 12.3 Å². The van der Waals surface area contributed by atoms with Crippen LogP contribution in [0.25, 0.3) is 11.4 Å². The van der Waals surface area contributed by atoms with Gasteiger partial charge in [-0.05, 0) is 36.6 Å². The largest absolute Gasteiger partial charge is 0.338 e. The number of halogens is 1. The Balaban J connectivity index is 2.04. The molecule has 0 radical (unpaired) electrons. The fraction of sp³-hybridized carbons (Fsp3) is 0.524. The Morgan fingerprint density at radius 1 is 1.13 bits per heavy atom. The third kappa shape index (κ3) is 7.99. The van der Waals surface area contributed by atoms with Crippen molar-refractivity contribution in [1.82, 2.24) is 25.4 Å². The maximum absolute atomic E-state index is 12.1. The van der Waals surface area contributed by atoms with Crippen molar-refractivity contribution < 1.29 is 9.59 Å². The average molecular weight is 452 g/mol. The Kier molecular flexibility index (Phi) is 10.2. The summed E-state index contributed by atoms with van der Waals surface area (Å²) in [5.41, 5.74) is 0.923. The van der Waals surface area contributed by atoms with Crippen molar-refractivity contribution in [2.24, 2.45) is 5.92 Å². The summed E-state index contributed by atoms with van der Waals surface area (Å²) >= 11 is 7.28. The molecule has 0 unspecified atom stereocenters. The van der Waals surface area contributed by atoms with E-state index >= 15 is 0 Å². The molecule has 0 aliphatic heterocycles. The van der Waals surface area contributed by atoms with Crippen LogP contribution in [0, 0.1) is 5.92 Å². The summed E-state index contributed by atoms with van der Waals surface area (Å²) in [6.45, 7) is 7.44. The highest BCUT2D eigenvalue weighted by atomic mass is 35.5. The lowest BCUT2D eigenvalue weighted by atomic mass is 10.2. The quantitative estimate of drug-likeness (QED) is 0.380. The normalized spacial score (nSPS) is 11.0. The number of hydrogen-bond donors (Lipinski definition) is 2. The van der Waals surface area contributed by atoms with Gasteiger partial charge in [-0.1, -0.05) is 63.4 Å². The molecule has 2 aromatic rings. The Hall–Kier alpha value is -2.06. The van der Waals surface area contributed by atoms with Gasteiger partial charge in [-0.25, -0.2) is 4.79 Å². The second-order valence-electron chi connectivity index (χ2n) is 7.47. The minimum absolute atomic E-state index is 0.0861. The Morgan fingerprint density at radius 2 is 1.87 bits per heavy atom. The van der Waals surface area contributed by atoms with Gasteiger partial charge in [-0.3, -0.25) is 10.1 Å². The molecule has 0 bridgehead atoms. The number of amides is 3. The van der Waals surface area contributed by atoms with E-state index in [1.54, 1.807) is 0 Å². The molecule has 0 fully saturated rings. The number of nitrogens with one attached hydrogen (secondary N) is 2. The first-order valence-electron chi connectivity index (χ1n) is 10.3. The maximum Gasteiger partial charge on any atom is 0.321 e. The van der Waals surface area contributed by atoms with Crippen molar-refractivity contribution in [3.63, 3.8) is 0 Å². The van der Waals surface area contributed by atoms with Crippen molar-refractivity contribution in [2.45, 2.75) is 58.2 Å². The monoisotopic (exact) mass is 451 g/mol. The third-order valence-electron chi connectivity index (χ3n) is 4.31. The SMILES string of the molecule is CCCCCCn1c(SCC(=O)NC(=O)NCC(C)C)nnc1-c1ccc(Cl)cc1. The van der Waals surface area contributed by atoms with Gasteiger partial charge in [0.15, 0.2) is 11.0 Å². The molecule has 0 saturated carbocycles. The van der Waals surface area contributed by atoms with Gasteiger partial charge < -0.3 is 9.88 Å². The minimum Gasteiger partial charge on any atom is -0.338 e. The smallest absolute Gasteiger partial charge is 0.321 e. The molecule has 1 aromatic carbocycles. The van der Waals surface area contributed by atoms with Gasteiger partial charge in [0.05, 0.1) is 5.75 Å². The molecule has 2 N–H and O–H groups in total. The number of nitrogens with zero attached hydrogens (tertiary/aromatic N) is 3. The van der Waals surface area contributed by atoms with Crippen molar-refractivity contribution in [1.29, 1.82) is 0 Å². The molecular weight excluding hydrogens is 422 g/mol. The standard InChI is InChI=1S/C21H30ClN5O2S/c1-4-5-6-7-12-27-19(16-8-10-17(22)11-9-16)25-26-21(27)30-14-18(28)24-20(29)23-13-15(2)3/h8-11,15H,4-7,12-14H2,1-3H3,(H2,23,24,28,29). The zero-order valence-corrected chi connectivity index (χ0v) is 19.4. The van der Waals surface area contributed by atoms with Crippen LogP contribution in [0.4, 0.5) is 4.79 Å². The van der Waals surface area contributed by atoms with Crippen LogP contribution in [-0.4, -0.2) is 39.0 Å². The van der Waals surface area contributed by atoms with Gasteiger partial charge in [0.1, 0.15) is 0 Å². The molecule has 30 heavy (non-hydrogen) atoms. The van der Waals surface area contributed by atoms with Crippen molar-refractivity contribution in [3.05, 3.63) is 29.3 Å². The van der Waals surface area contributed by atoms with Crippen molar-refractivity contribution >= 4 is 35.3 Å². The van der Waals surface area contributed by atoms with Crippen LogP contribution in [0.2, 0.25) is 5.02 Å². The topological polar surface area (TPSA) is 88.9 Å². The first kappa shape index (κ1) is 24.2. The second-order valence-corrected chi connectivity index (χ2v) is 8.85. The molecule has 0 spiro atoms. The van der Waals surface area contributed by atoms with Crippen LogP contribution < -0.4 is 10.6 Å². The van der Waals surface area contributed by atoms with E-state index in [4.69, 9.17) is 11.6 Å². The zero-order valence-electron chi connectivity index (χ0n) is 17.8. The lowest BCUT2D eigenvalue weighted by Crippen LogP contribution is -2.41. The van der Waals surface area contributed by atoms with E-state index in [2.05, 4.69) is 27.8 Å². The van der Waals surface area contributed by atoms with Crippen LogP contribution in [0.5, 0.6) is 0 Å². The average Bonchev–Trinajstić information content (AvgIpc) is 3.11. The van der Waals surface area contributed by atoms with E-state index in [0.29, 0.717) is 22.6 Å². The summed E-state index contributed by atoms with van der Waals surface area (Å²) in [7, 11) is 0. The highest BCUT2D eigenvalue weighted by Gasteiger charge is 2.16. The summed E-state index contributed by atoms with van der Waals surface area (Å²) in [5, 5.41) is 15.0. The number of urea groups is 1. The van der Waals surface area contributed by atoms with Crippen LogP contribution in [-0.2, 0) is 11.3 Å². The van der Waals surface area contributed by atoms with Crippen LogP contribution in [0.1, 0.15) is 46.5 Å². The Bertz CT molecular complexity index is 823. The number of carbonyl (C=O) groups excluding carboxylic acids is 2. The van der Waals surface area contributed by atoms with Crippen LogP contribution in [0.15, 0.2) is 29.4 Å². The maximum atomic E-state index is 12.1. The molecular formula is C21H30ClN5O2S. The van der Waals surface area contributed by atoms with Gasteiger partial charge in [0, 0.05) is 23.7 Å². The summed E-state index contributed by atoms with van der Waals surface area (Å²) in [6.07, 6.45) is 4.46. The minimum atomic E-state index is -0.475. The Morgan fingerprint density at radius 3 is 2.53 bits per heavy atom. The highest BCUT2D eigenvalue weighted by molar-refractivity contribution is 7.99. The molecule has 0 aliphatic carbocycles. The van der Waals surface area contributed by atoms with E-state index < -0.39 is 6.03 Å². The number of rotatable bonds is 11. The molecule has 1 aromatic heterocycles. The molecule has 0 atom stereocenters. The van der Waals surface area contributed by atoms with Crippen LogP contribution >= 0.6 is 23.4 Å². The number of thioether (sulfide) groups is 1. The predicted octanol–water partition coefficient (Wildman–Crippen LogP) is 4.75.